The van der Waals surface area contributed by atoms with Gasteiger partial charge in [-0.05, 0) is 57.1 Å². The Morgan fingerprint density at radius 3 is 2.34 bits per heavy atom. The van der Waals surface area contributed by atoms with Crippen molar-refractivity contribution in [1.29, 1.82) is 0 Å². The molecule has 1 heterocycles. The summed E-state index contributed by atoms with van der Waals surface area (Å²) >= 11 is 0. The normalized spacial score (nSPS) is 24.7. The van der Waals surface area contributed by atoms with Gasteiger partial charge in [0.2, 0.25) is 0 Å². The highest BCUT2D eigenvalue weighted by Crippen LogP contribution is 2.37. The summed E-state index contributed by atoms with van der Waals surface area (Å²) in [6.07, 6.45) is 5.40. The van der Waals surface area contributed by atoms with Gasteiger partial charge in [0, 0.05) is 18.9 Å². The van der Waals surface area contributed by atoms with Crippen LogP contribution in [0.4, 0.5) is 0 Å². The SMILES string of the molecule is C=CC(OC=O)C(C)(O)CCC(O)CC(=O)OC(/C(C)=C/C=C/C(C)C(O)C1OC1C(C)C(CC)OC)C(C)CC. The van der Waals surface area contributed by atoms with Gasteiger partial charge in [0.1, 0.15) is 23.9 Å². The summed E-state index contributed by atoms with van der Waals surface area (Å²) in [6.45, 7) is 17.3. The van der Waals surface area contributed by atoms with Gasteiger partial charge < -0.3 is 34.3 Å². The van der Waals surface area contributed by atoms with Gasteiger partial charge in [0.25, 0.3) is 6.47 Å². The zero-order valence-corrected chi connectivity index (χ0v) is 26.2. The monoisotopic (exact) mass is 582 g/mol. The molecule has 11 atom stereocenters. The van der Waals surface area contributed by atoms with Crippen LogP contribution in [0.3, 0.4) is 0 Å². The van der Waals surface area contributed by atoms with E-state index in [1.165, 1.54) is 13.0 Å². The molecule has 0 aromatic carbocycles. The van der Waals surface area contributed by atoms with Crippen LogP contribution in [0, 0.1) is 17.8 Å². The molecule has 1 fully saturated rings. The Balaban J connectivity index is 2.72. The van der Waals surface area contributed by atoms with E-state index in [4.69, 9.17) is 18.9 Å². The first kappa shape index (κ1) is 37.0. The van der Waals surface area contributed by atoms with Crippen LogP contribution in [0.25, 0.3) is 0 Å². The number of ether oxygens (including phenoxy) is 4. The van der Waals surface area contributed by atoms with Crippen molar-refractivity contribution in [2.24, 2.45) is 17.8 Å². The van der Waals surface area contributed by atoms with Gasteiger partial charge in [-0.25, -0.2) is 0 Å². The van der Waals surface area contributed by atoms with Crippen LogP contribution in [0.5, 0.6) is 0 Å². The third-order valence-corrected chi connectivity index (χ3v) is 8.30. The van der Waals surface area contributed by atoms with Crippen LogP contribution in [-0.2, 0) is 28.5 Å². The zero-order valence-electron chi connectivity index (χ0n) is 26.2. The van der Waals surface area contributed by atoms with Gasteiger partial charge in [-0.2, -0.15) is 0 Å². The highest BCUT2D eigenvalue weighted by Gasteiger charge is 2.50. The number of carbonyl (C=O) groups is 2. The van der Waals surface area contributed by atoms with Crippen molar-refractivity contribution in [3.8, 4) is 0 Å². The molecule has 0 amide bonds. The maximum atomic E-state index is 12.7. The molecule has 9 nitrogen and oxygen atoms in total. The van der Waals surface area contributed by atoms with E-state index in [1.54, 1.807) is 7.11 Å². The van der Waals surface area contributed by atoms with Crippen molar-refractivity contribution in [3.05, 3.63) is 36.5 Å². The lowest BCUT2D eigenvalue weighted by Crippen LogP contribution is -2.40. The molecule has 1 aliphatic heterocycles. The number of allylic oxidation sites excluding steroid dienone is 2. The number of hydrogen-bond acceptors (Lipinski definition) is 9. The van der Waals surface area contributed by atoms with Crippen LogP contribution in [0.2, 0.25) is 0 Å². The molecule has 41 heavy (non-hydrogen) atoms. The lowest BCUT2D eigenvalue weighted by molar-refractivity contribution is -0.152. The number of hydrogen-bond donors (Lipinski definition) is 3. The summed E-state index contributed by atoms with van der Waals surface area (Å²) < 4.78 is 21.9. The lowest BCUT2D eigenvalue weighted by atomic mass is 9.91. The van der Waals surface area contributed by atoms with Crippen LogP contribution >= 0.6 is 0 Å². The number of carbonyl (C=O) groups excluding carboxylic acids is 2. The fourth-order valence-corrected chi connectivity index (χ4v) is 5.16. The molecular formula is C32H54O9. The number of aliphatic hydroxyl groups excluding tert-OH is 2. The highest BCUT2D eigenvalue weighted by atomic mass is 16.6. The Hall–Kier alpha value is -2.04. The van der Waals surface area contributed by atoms with Crippen molar-refractivity contribution in [3.63, 3.8) is 0 Å². The first-order chi connectivity index (χ1) is 19.3. The van der Waals surface area contributed by atoms with E-state index in [9.17, 15) is 24.9 Å². The Morgan fingerprint density at radius 1 is 1.15 bits per heavy atom. The van der Waals surface area contributed by atoms with Crippen LogP contribution in [0.15, 0.2) is 36.5 Å². The molecule has 0 bridgehead atoms. The van der Waals surface area contributed by atoms with Gasteiger partial charge in [-0.15, -0.1) is 0 Å². The zero-order chi connectivity index (χ0) is 31.3. The molecule has 0 aromatic heterocycles. The predicted octanol–water partition coefficient (Wildman–Crippen LogP) is 4.28. The fourth-order valence-electron chi connectivity index (χ4n) is 5.16. The third kappa shape index (κ3) is 11.6. The quantitative estimate of drug-likeness (QED) is 0.0596. The number of epoxide rings is 1. The molecule has 3 N–H and O–H groups in total. The second-order valence-electron chi connectivity index (χ2n) is 11.7. The van der Waals surface area contributed by atoms with Crippen molar-refractivity contribution >= 4 is 12.4 Å². The molecule has 1 rings (SSSR count). The number of rotatable bonds is 21. The molecule has 1 saturated heterocycles. The van der Waals surface area contributed by atoms with Crippen molar-refractivity contribution in [2.45, 2.75) is 129 Å². The Bertz CT molecular complexity index is 863. The summed E-state index contributed by atoms with van der Waals surface area (Å²) in [7, 11) is 1.70. The fraction of sp³-hybridized carbons (Fsp3) is 0.750. The van der Waals surface area contributed by atoms with Gasteiger partial charge in [-0.1, -0.05) is 59.4 Å². The van der Waals surface area contributed by atoms with Crippen LogP contribution < -0.4 is 0 Å². The van der Waals surface area contributed by atoms with E-state index in [0.717, 1.165) is 18.4 Å². The number of aliphatic hydroxyl groups is 3. The van der Waals surface area contributed by atoms with Gasteiger partial charge >= 0.3 is 5.97 Å². The maximum Gasteiger partial charge on any atom is 0.309 e. The Kier molecular flexibility index (Phi) is 16.1. The average Bonchev–Trinajstić information content (AvgIpc) is 3.74. The maximum absolute atomic E-state index is 12.7. The van der Waals surface area contributed by atoms with E-state index in [0.29, 0.717) is 0 Å². The predicted molar refractivity (Wildman–Crippen MR) is 158 cm³/mol. The van der Waals surface area contributed by atoms with Crippen LogP contribution in [-0.4, -0.2) is 83.2 Å². The molecule has 0 spiro atoms. The summed E-state index contributed by atoms with van der Waals surface area (Å²) in [5.41, 5.74) is -0.585. The largest absolute Gasteiger partial charge is 0.457 e. The summed E-state index contributed by atoms with van der Waals surface area (Å²) in [6, 6.07) is 0. The summed E-state index contributed by atoms with van der Waals surface area (Å²) in [5, 5.41) is 31.8. The van der Waals surface area contributed by atoms with E-state index < -0.39 is 36.0 Å². The first-order valence-corrected chi connectivity index (χ1v) is 14.8. The minimum atomic E-state index is -1.43. The molecule has 1 aliphatic rings. The number of methoxy groups -OCH3 is 1. The second-order valence-corrected chi connectivity index (χ2v) is 11.7. The summed E-state index contributed by atoms with van der Waals surface area (Å²) in [4.78, 5) is 23.4. The van der Waals surface area contributed by atoms with E-state index in [1.807, 2.05) is 45.9 Å². The second kappa shape index (κ2) is 17.8. The van der Waals surface area contributed by atoms with E-state index in [2.05, 4.69) is 20.4 Å². The van der Waals surface area contributed by atoms with Crippen molar-refractivity contribution in [2.75, 3.05) is 7.11 Å². The third-order valence-electron chi connectivity index (χ3n) is 8.30. The molecule has 0 saturated carbocycles. The lowest BCUT2D eigenvalue weighted by Gasteiger charge is -2.30. The standard InChI is InChI=1S/C32H54O9/c1-10-20(4)29(40-27(35)18-24(34)16-17-32(8,37)26(12-3)39-19-33)22(6)15-13-14-21(5)28(36)31-30(41-31)23(7)25(11-2)38-9/h12-15,19-21,23-26,28-31,34,36-37H,3,10-11,16-18H2,1-2,4-9H3/b14-13+,22-15+. The number of esters is 1. The molecule has 0 radical (unpaired) electrons. The van der Waals surface area contributed by atoms with Crippen molar-refractivity contribution < 1.29 is 43.9 Å². The molecule has 236 valence electrons. The summed E-state index contributed by atoms with van der Waals surface area (Å²) in [5.74, 6) is -0.438. The van der Waals surface area contributed by atoms with Gasteiger partial charge in [0.05, 0.1) is 30.8 Å². The minimum Gasteiger partial charge on any atom is -0.457 e. The highest BCUT2D eigenvalue weighted by molar-refractivity contribution is 5.70. The van der Waals surface area contributed by atoms with Crippen LogP contribution in [0.1, 0.15) is 80.6 Å². The average molecular weight is 583 g/mol. The minimum absolute atomic E-state index is 0.0215. The molecular weight excluding hydrogens is 528 g/mol. The van der Waals surface area contributed by atoms with Gasteiger partial charge in [-0.3, -0.25) is 9.59 Å². The smallest absolute Gasteiger partial charge is 0.309 e. The van der Waals surface area contributed by atoms with Gasteiger partial charge in [0.15, 0.2) is 0 Å². The molecule has 9 heteroatoms. The topological polar surface area (TPSA) is 135 Å². The first-order valence-electron chi connectivity index (χ1n) is 14.8. The molecule has 0 aliphatic carbocycles. The van der Waals surface area contributed by atoms with E-state index in [-0.39, 0.29) is 61.8 Å². The van der Waals surface area contributed by atoms with Crippen molar-refractivity contribution in [1.82, 2.24) is 0 Å². The Labute approximate surface area is 246 Å². The molecule has 0 aromatic rings. The molecule has 11 unspecified atom stereocenters. The Morgan fingerprint density at radius 2 is 1.80 bits per heavy atom. The van der Waals surface area contributed by atoms with E-state index >= 15 is 0 Å².